The molecule has 0 aliphatic carbocycles. The number of aryl methyl sites for hydroxylation is 1. The van der Waals surface area contributed by atoms with Gasteiger partial charge in [0, 0.05) is 24.7 Å². The summed E-state index contributed by atoms with van der Waals surface area (Å²) in [5.74, 6) is 0.479. The number of anilines is 1. The molecule has 0 heterocycles. The molecular formula is C16H20BNO3. The number of para-hydroxylation sites is 1. The van der Waals surface area contributed by atoms with Crippen LogP contribution in [0.3, 0.4) is 0 Å². The monoisotopic (exact) mass is 285 g/mol. The lowest BCUT2D eigenvalue weighted by Gasteiger charge is -2.22. The Morgan fingerprint density at radius 3 is 2.48 bits per heavy atom. The number of hydrogen-bond acceptors (Lipinski definition) is 4. The van der Waals surface area contributed by atoms with E-state index in [0.717, 1.165) is 11.3 Å². The molecule has 110 valence electrons. The summed E-state index contributed by atoms with van der Waals surface area (Å²) in [6, 6.07) is 13.6. The van der Waals surface area contributed by atoms with Crippen molar-refractivity contribution < 1.29 is 14.8 Å². The second-order valence-electron chi connectivity index (χ2n) is 5.09. The molecular weight excluding hydrogens is 265 g/mol. The number of methoxy groups -OCH3 is 1. The van der Waals surface area contributed by atoms with Crippen LogP contribution in [0.15, 0.2) is 42.5 Å². The summed E-state index contributed by atoms with van der Waals surface area (Å²) in [5.41, 5.74) is 3.73. The molecule has 5 heteroatoms. The van der Waals surface area contributed by atoms with Crippen LogP contribution in [-0.4, -0.2) is 31.3 Å². The number of rotatable bonds is 5. The molecule has 0 bridgehead atoms. The first-order valence-electron chi connectivity index (χ1n) is 6.82. The van der Waals surface area contributed by atoms with Crippen LogP contribution in [0.25, 0.3) is 0 Å². The van der Waals surface area contributed by atoms with Gasteiger partial charge in [-0.3, -0.25) is 0 Å². The maximum Gasteiger partial charge on any atom is 0.492 e. The van der Waals surface area contributed by atoms with E-state index in [-0.39, 0.29) is 0 Å². The van der Waals surface area contributed by atoms with Crippen molar-refractivity contribution in [3.8, 4) is 5.75 Å². The lowest BCUT2D eigenvalue weighted by molar-refractivity contribution is 0.403. The molecule has 2 N–H and O–H groups in total. The van der Waals surface area contributed by atoms with Crippen LogP contribution in [0.4, 0.5) is 5.69 Å². The van der Waals surface area contributed by atoms with E-state index in [1.54, 1.807) is 12.1 Å². The fraction of sp³-hybridized carbons (Fsp3) is 0.250. The average molecular weight is 285 g/mol. The highest BCUT2D eigenvalue weighted by Crippen LogP contribution is 2.20. The molecule has 0 saturated carbocycles. The largest absolute Gasteiger partial charge is 0.497 e. The Bertz CT molecular complexity index is 616. The number of nitrogens with zero attached hydrogens (tertiary/aromatic N) is 1. The van der Waals surface area contributed by atoms with Crippen LogP contribution in [0.2, 0.25) is 0 Å². The molecule has 2 rings (SSSR count). The summed E-state index contributed by atoms with van der Waals surface area (Å²) in [6.45, 7) is 2.75. The Morgan fingerprint density at radius 2 is 1.86 bits per heavy atom. The average Bonchev–Trinajstić information content (AvgIpc) is 2.47. The third-order valence-electron chi connectivity index (χ3n) is 3.52. The molecule has 0 fully saturated rings. The molecule has 0 aliphatic rings. The lowest BCUT2D eigenvalue weighted by atomic mass is 9.78. The molecule has 0 radical (unpaired) electrons. The van der Waals surface area contributed by atoms with Gasteiger partial charge in [0.2, 0.25) is 0 Å². The van der Waals surface area contributed by atoms with E-state index in [4.69, 9.17) is 4.74 Å². The first-order chi connectivity index (χ1) is 10.0. The van der Waals surface area contributed by atoms with E-state index in [2.05, 4.69) is 24.0 Å². The minimum atomic E-state index is -1.54. The number of benzene rings is 2. The Morgan fingerprint density at radius 1 is 1.14 bits per heavy atom. The predicted molar refractivity (Wildman–Crippen MR) is 86.1 cm³/mol. The van der Waals surface area contributed by atoms with Crippen molar-refractivity contribution in [2.45, 2.75) is 13.5 Å². The Kier molecular flexibility index (Phi) is 4.88. The van der Waals surface area contributed by atoms with Crippen molar-refractivity contribution in [2.24, 2.45) is 0 Å². The first-order valence-corrected chi connectivity index (χ1v) is 6.82. The van der Waals surface area contributed by atoms with Gasteiger partial charge in [0.1, 0.15) is 5.75 Å². The molecule has 2 aromatic rings. The summed E-state index contributed by atoms with van der Waals surface area (Å²) < 4.78 is 5.14. The van der Waals surface area contributed by atoms with Gasteiger partial charge in [-0.25, -0.2) is 0 Å². The molecule has 0 atom stereocenters. The maximum absolute atomic E-state index is 9.42. The molecule has 0 aliphatic heterocycles. The normalized spacial score (nSPS) is 10.3. The maximum atomic E-state index is 9.42. The molecule has 0 amide bonds. The number of hydrogen-bond donors (Lipinski definition) is 2. The Labute approximate surface area is 125 Å². The van der Waals surface area contributed by atoms with E-state index < -0.39 is 7.12 Å². The van der Waals surface area contributed by atoms with Gasteiger partial charge >= 0.3 is 7.12 Å². The lowest BCUT2D eigenvalue weighted by Crippen LogP contribution is -2.32. The van der Waals surface area contributed by atoms with Crippen molar-refractivity contribution in [1.29, 1.82) is 0 Å². The second kappa shape index (κ2) is 6.65. The highest BCUT2D eigenvalue weighted by molar-refractivity contribution is 6.59. The summed E-state index contributed by atoms with van der Waals surface area (Å²) >= 11 is 0. The van der Waals surface area contributed by atoms with Gasteiger partial charge in [0.25, 0.3) is 0 Å². The van der Waals surface area contributed by atoms with Crippen LogP contribution in [-0.2, 0) is 6.54 Å². The van der Waals surface area contributed by atoms with Gasteiger partial charge in [-0.05, 0) is 30.2 Å². The fourth-order valence-corrected chi connectivity index (χ4v) is 2.43. The van der Waals surface area contributed by atoms with Crippen molar-refractivity contribution in [3.63, 3.8) is 0 Å². The standard InChI is InChI=1S/C16H20BNO3/c1-12-6-4-5-7-15(12)18(2)11-13-8-9-16(21-3)14(10-13)17(19)20/h4-10,19-20H,11H2,1-3H3. The minimum Gasteiger partial charge on any atom is -0.497 e. The van der Waals surface area contributed by atoms with E-state index in [9.17, 15) is 10.0 Å². The molecule has 0 spiro atoms. The highest BCUT2D eigenvalue weighted by Gasteiger charge is 2.17. The summed E-state index contributed by atoms with van der Waals surface area (Å²) in [5, 5.41) is 18.8. The summed E-state index contributed by atoms with van der Waals surface area (Å²) in [4.78, 5) is 2.13. The summed E-state index contributed by atoms with van der Waals surface area (Å²) in [6.07, 6.45) is 0. The zero-order valence-corrected chi connectivity index (χ0v) is 12.6. The molecule has 0 unspecified atom stereocenters. The van der Waals surface area contributed by atoms with Gasteiger partial charge in [-0.2, -0.15) is 0 Å². The molecule has 0 aromatic heterocycles. The van der Waals surface area contributed by atoms with Crippen LogP contribution in [0.1, 0.15) is 11.1 Å². The van der Waals surface area contributed by atoms with E-state index in [1.807, 2.05) is 25.2 Å². The van der Waals surface area contributed by atoms with Crippen LogP contribution in [0, 0.1) is 6.92 Å². The summed E-state index contributed by atoms with van der Waals surface area (Å²) in [7, 11) is 1.99. The zero-order valence-electron chi connectivity index (χ0n) is 12.6. The quantitative estimate of drug-likeness (QED) is 0.814. The van der Waals surface area contributed by atoms with Gasteiger partial charge in [-0.1, -0.05) is 30.3 Å². The third-order valence-corrected chi connectivity index (χ3v) is 3.52. The van der Waals surface area contributed by atoms with E-state index in [1.165, 1.54) is 12.7 Å². The van der Waals surface area contributed by atoms with E-state index >= 15 is 0 Å². The molecule has 2 aromatic carbocycles. The smallest absolute Gasteiger partial charge is 0.492 e. The second-order valence-corrected chi connectivity index (χ2v) is 5.09. The molecule has 21 heavy (non-hydrogen) atoms. The van der Waals surface area contributed by atoms with Gasteiger partial charge in [-0.15, -0.1) is 0 Å². The Hall–Kier alpha value is -1.98. The van der Waals surface area contributed by atoms with Crippen molar-refractivity contribution in [3.05, 3.63) is 53.6 Å². The minimum absolute atomic E-state index is 0.383. The van der Waals surface area contributed by atoms with Gasteiger partial charge in [0.05, 0.1) is 7.11 Å². The van der Waals surface area contributed by atoms with Crippen molar-refractivity contribution in [2.75, 3.05) is 19.1 Å². The first kappa shape index (κ1) is 15.4. The van der Waals surface area contributed by atoms with Crippen LogP contribution >= 0.6 is 0 Å². The van der Waals surface area contributed by atoms with Crippen LogP contribution in [0.5, 0.6) is 5.75 Å². The Balaban J connectivity index is 2.24. The van der Waals surface area contributed by atoms with Gasteiger partial charge in [0.15, 0.2) is 0 Å². The predicted octanol–water partition coefficient (Wildman–Crippen LogP) is 1.32. The van der Waals surface area contributed by atoms with Crippen molar-refractivity contribution in [1.82, 2.24) is 0 Å². The topological polar surface area (TPSA) is 52.9 Å². The SMILES string of the molecule is COc1ccc(CN(C)c2ccccc2C)cc1B(O)O. The molecule has 0 saturated heterocycles. The van der Waals surface area contributed by atoms with E-state index in [0.29, 0.717) is 17.8 Å². The van der Waals surface area contributed by atoms with Crippen LogP contribution < -0.4 is 15.1 Å². The molecule has 4 nitrogen and oxygen atoms in total. The number of ether oxygens (including phenoxy) is 1. The highest BCUT2D eigenvalue weighted by atomic mass is 16.5. The zero-order chi connectivity index (χ0) is 15.4. The van der Waals surface area contributed by atoms with Crippen molar-refractivity contribution >= 4 is 18.3 Å². The van der Waals surface area contributed by atoms with Gasteiger partial charge < -0.3 is 19.7 Å². The fourth-order valence-electron chi connectivity index (χ4n) is 2.43. The third kappa shape index (κ3) is 3.57.